The highest BCUT2D eigenvalue weighted by Gasteiger charge is 2.12. The highest BCUT2D eigenvalue weighted by Crippen LogP contribution is 2.23. The third kappa shape index (κ3) is 3.04. The maximum absolute atomic E-state index is 11.3. The Kier molecular flexibility index (Phi) is 3.39. The third-order valence-corrected chi connectivity index (χ3v) is 2.37. The van der Waals surface area contributed by atoms with Crippen LogP contribution in [0.3, 0.4) is 0 Å². The molecule has 1 aromatic rings. The van der Waals surface area contributed by atoms with Crippen LogP contribution in [0.4, 0.5) is 11.5 Å². The summed E-state index contributed by atoms with van der Waals surface area (Å²) in [5.41, 5.74) is 1.47. The van der Waals surface area contributed by atoms with Gasteiger partial charge in [0.05, 0.1) is 5.69 Å². The topological polar surface area (TPSA) is 71.1 Å². The van der Waals surface area contributed by atoms with Gasteiger partial charge in [-0.25, -0.2) is 4.98 Å². The first kappa shape index (κ1) is 11.6. The lowest BCUT2D eigenvalue weighted by atomic mass is 10.2. The molecule has 88 valence electrons. The molecule has 2 rings (SSSR count). The van der Waals surface area contributed by atoms with Gasteiger partial charge in [0.25, 0.3) is 0 Å². The lowest BCUT2D eigenvalue weighted by Gasteiger charge is -2.06. The Morgan fingerprint density at radius 3 is 3.12 bits per heavy atom. The summed E-state index contributed by atoms with van der Waals surface area (Å²) in [6.45, 7) is 0.558. The molecule has 2 heterocycles. The molecule has 0 aliphatic carbocycles. The van der Waals surface area contributed by atoms with Gasteiger partial charge in [0.15, 0.2) is 5.82 Å². The zero-order valence-electron chi connectivity index (χ0n) is 8.87. The van der Waals surface area contributed by atoms with E-state index in [4.69, 9.17) is 11.6 Å². The van der Waals surface area contributed by atoms with Gasteiger partial charge in [-0.05, 0) is 35.4 Å². The standard InChI is InChI=1S/C11H10ClN3O2/c12-9(16)2-1-7-5-8-11(14-6-7)15-10(17)3-4-13-8/h1-2,5-6,13H,3-4H2,(H,14,15,17)/b2-1+. The molecule has 1 aliphatic heterocycles. The molecular weight excluding hydrogens is 242 g/mol. The van der Waals surface area contributed by atoms with E-state index in [0.29, 0.717) is 18.8 Å². The first-order valence-electron chi connectivity index (χ1n) is 5.06. The van der Waals surface area contributed by atoms with Gasteiger partial charge in [-0.2, -0.15) is 0 Å². The lowest BCUT2D eigenvalue weighted by molar-refractivity contribution is -0.116. The molecule has 0 atom stereocenters. The summed E-state index contributed by atoms with van der Waals surface area (Å²) in [7, 11) is 0. The van der Waals surface area contributed by atoms with Crippen LogP contribution in [0.1, 0.15) is 12.0 Å². The van der Waals surface area contributed by atoms with Crippen LogP contribution in [0.25, 0.3) is 6.08 Å². The van der Waals surface area contributed by atoms with Crippen LogP contribution in [0, 0.1) is 0 Å². The fourth-order valence-corrected chi connectivity index (χ4v) is 1.54. The molecule has 5 nitrogen and oxygen atoms in total. The number of fused-ring (bicyclic) bond motifs is 1. The number of carbonyl (C=O) groups is 2. The van der Waals surface area contributed by atoms with Crippen molar-refractivity contribution < 1.29 is 9.59 Å². The molecule has 0 saturated heterocycles. The highest BCUT2D eigenvalue weighted by molar-refractivity contribution is 6.66. The predicted octanol–water partition coefficient (Wildman–Crippen LogP) is 1.61. The second kappa shape index (κ2) is 4.97. The zero-order chi connectivity index (χ0) is 12.3. The maximum atomic E-state index is 11.3. The van der Waals surface area contributed by atoms with Crippen molar-refractivity contribution in [1.82, 2.24) is 4.98 Å². The summed E-state index contributed by atoms with van der Waals surface area (Å²) in [5.74, 6) is 0.435. The molecule has 0 saturated carbocycles. The van der Waals surface area contributed by atoms with Gasteiger partial charge in [-0.3, -0.25) is 9.59 Å². The van der Waals surface area contributed by atoms with Crippen molar-refractivity contribution in [2.75, 3.05) is 17.2 Å². The summed E-state index contributed by atoms with van der Waals surface area (Å²) >= 11 is 5.20. The molecule has 1 aromatic heterocycles. The number of rotatable bonds is 2. The summed E-state index contributed by atoms with van der Waals surface area (Å²) in [4.78, 5) is 26.0. The van der Waals surface area contributed by atoms with Gasteiger partial charge in [-0.15, -0.1) is 0 Å². The van der Waals surface area contributed by atoms with E-state index in [1.54, 1.807) is 18.3 Å². The third-order valence-electron chi connectivity index (χ3n) is 2.24. The summed E-state index contributed by atoms with van der Waals surface area (Å²) < 4.78 is 0. The molecule has 1 amide bonds. The first-order valence-corrected chi connectivity index (χ1v) is 5.44. The fraction of sp³-hybridized carbons (Fsp3) is 0.182. The van der Waals surface area contributed by atoms with E-state index >= 15 is 0 Å². The Morgan fingerprint density at radius 2 is 2.35 bits per heavy atom. The molecule has 0 spiro atoms. The number of hydrogen-bond acceptors (Lipinski definition) is 4. The van der Waals surface area contributed by atoms with Crippen molar-refractivity contribution in [1.29, 1.82) is 0 Å². The first-order chi connectivity index (χ1) is 8.15. The minimum Gasteiger partial charge on any atom is -0.382 e. The smallest absolute Gasteiger partial charge is 0.245 e. The average molecular weight is 252 g/mol. The monoisotopic (exact) mass is 251 g/mol. The minimum atomic E-state index is -0.541. The van der Waals surface area contributed by atoms with Gasteiger partial charge in [0.1, 0.15) is 0 Å². The van der Waals surface area contributed by atoms with Crippen molar-refractivity contribution >= 4 is 40.3 Å². The number of hydrogen-bond donors (Lipinski definition) is 2. The Bertz CT molecular complexity index is 499. The van der Waals surface area contributed by atoms with Crippen molar-refractivity contribution in [3.63, 3.8) is 0 Å². The van der Waals surface area contributed by atoms with Gasteiger partial charge >= 0.3 is 0 Å². The molecule has 0 fully saturated rings. The van der Waals surface area contributed by atoms with E-state index in [9.17, 15) is 9.59 Å². The van der Waals surface area contributed by atoms with Crippen LogP contribution in [0.2, 0.25) is 0 Å². The van der Waals surface area contributed by atoms with Crippen LogP contribution in [0.15, 0.2) is 18.3 Å². The highest BCUT2D eigenvalue weighted by atomic mass is 35.5. The maximum Gasteiger partial charge on any atom is 0.245 e. The van der Waals surface area contributed by atoms with Crippen LogP contribution in [-0.2, 0) is 9.59 Å². The van der Waals surface area contributed by atoms with Crippen LogP contribution < -0.4 is 10.6 Å². The number of allylic oxidation sites excluding steroid dienone is 1. The molecule has 2 N–H and O–H groups in total. The Hall–Kier alpha value is -1.88. The summed E-state index contributed by atoms with van der Waals surface area (Å²) in [6.07, 6.45) is 4.78. The van der Waals surface area contributed by atoms with E-state index in [0.717, 1.165) is 11.3 Å². The van der Waals surface area contributed by atoms with E-state index in [1.807, 2.05) is 0 Å². The van der Waals surface area contributed by atoms with E-state index in [1.165, 1.54) is 6.08 Å². The molecule has 17 heavy (non-hydrogen) atoms. The summed E-state index contributed by atoms with van der Waals surface area (Å²) in [5, 5.41) is 5.23. The number of nitrogens with one attached hydrogen (secondary N) is 2. The van der Waals surface area contributed by atoms with Gasteiger partial charge in [0, 0.05) is 19.2 Å². The SMILES string of the molecule is O=C(Cl)/C=C/c1cnc2c(c1)NCCC(=O)N2. The number of carbonyl (C=O) groups excluding carboxylic acids is 2. The second-order valence-electron chi connectivity index (χ2n) is 3.53. The predicted molar refractivity (Wildman–Crippen MR) is 65.9 cm³/mol. The van der Waals surface area contributed by atoms with E-state index in [2.05, 4.69) is 15.6 Å². The number of aromatic nitrogens is 1. The van der Waals surface area contributed by atoms with Crippen LogP contribution >= 0.6 is 11.6 Å². The van der Waals surface area contributed by atoms with Crippen LogP contribution in [-0.4, -0.2) is 22.7 Å². The quantitative estimate of drug-likeness (QED) is 0.619. The zero-order valence-corrected chi connectivity index (χ0v) is 9.62. The summed E-state index contributed by atoms with van der Waals surface area (Å²) in [6, 6.07) is 1.80. The Balaban J connectivity index is 2.27. The van der Waals surface area contributed by atoms with Gasteiger partial charge in [0.2, 0.25) is 11.1 Å². The second-order valence-corrected chi connectivity index (χ2v) is 3.90. The number of pyridine rings is 1. The molecule has 1 aliphatic rings. The number of anilines is 2. The van der Waals surface area contributed by atoms with Crippen molar-refractivity contribution in [2.24, 2.45) is 0 Å². The van der Waals surface area contributed by atoms with Crippen LogP contribution in [0.5, 0.6) is 0 Å². The Labute approximate surface area is 103 Å². The molecular formula is C11H10ClN3O2. The van der Waals surface area contributed by atoms with Gasteiger partial charge in [-0.1, -0.05) is 0 Å². The molecule has 6 heteroatoms. The minimum absolute atomic E-state index is 0.0667. The molecule has 0 bridgehead atoms. The van der Waals surface area contributed by atoms with Crippen molar-refractivity contribution in [3.05, 3.63) is 23.9 Å². The fourth-order valence-electron chi connectivity index (χ4n) is 1.47. The molecule has 0 unspecified atom stereocenters. The normalized spacial score (nSPS) is 14.8. The van der Waals surface area contributed by atoms with E-state index < -0.39 is 5.24 Å². The number of nitrogens with zero attached hydrogens (tertiary/aromatic N) is 1. The van der Waals surface area contributed by atoms with E-state index in [-0.39, 0.29) is 5.91 Å². The number of halogens is 1. The van der Waals surface area contributed by atoms with Gasteiger partial charge < -0.3 is 10.6 Å². The largest absolute Gasteiger partial charge is 0.382 e. The number of amides is 1. The Morgan fingerprint density at radius 1 is 1.53 bits per heavy atom. The van der Waals surface area contributed by atoms with Crippen molar-refractivity contribution in [3.8, 4) is 0 Å². The molecule has 0 aromatic carbocycles. The average Bonchev–Trinajstić information content (AvgIpc) is 2.46. The molecule has 0 radical (unpaired) electrons. The lowest BCUT2D eigenvalue weighted by Crippen LogP contribution is -2.11. The van der Waals surface area contributed by atoms with Crippen molar-refractivity contribution in [2.45, 2.75) is 6.42 Å².